The number of halogens is 1. The Bertz CT molecular complexity index is 2940. The van der Waals surface area contributed by atoms with E-state index in [1.165, 1.54) is 45.0 Å². The molecule has 0 spiro atoms. The van der Waals surface area contributed by atoms with E-state index in [0.29, 0.717) is 30.9 Å². The number of aliphatic hydroxyl groups is 3. The van der Waals surface area contributed by atoms with Crippen molar-refractivity contribution in [3.63, 3.8) is 0 Å². The predicted octanol–water partition coefficient (Wildman–Crippen LogP) is 1.62. The van der Waals surface area contributed by atoms with Gasteiger partial charge in [-0.2, -0.15) is 0 Å². The number of nitrogens with one attached hydrogen (secondary N) is 5. The first-order valence-corrected chi connectivity index (χ1v) is 28.9. The van der Waals surface area contributed by atoms with Gasteiger partial charge >= 0.3 is 12.1 Å². The number of carbonyl (C=O) groups excluding carboxylic acids is 7. The summed E-state index contributed by atoms with van der Waals surface area (Å²) in [7, 11) is 9.56. The van der Waals surface area contributed by atoms with Crippen molar-refractivity contribution in [2.45, 2.75) is 127 Å². The van der Waals surface area contributed by atoms with Gasteiger partial charge in [0.15, 0.2) is 17.9 Å². The van der Waals surface area contributed by atoms with Gasteiger partial charge in [-0.15, -0.1) is 0 Å². The Morgan fingerprint density at radius 3 is 2.30 bits per heavy atom. The number of anilines is 1. The molecular formula is C59H84ClN9O17. The van der Waals surface area contributed by atoms with E-state index in [0.717, 1.165) is 27.7 Å². The first-order valence-electron chi connectivity index (χ1n) is 28.5. The monoisotopic (exact) mass is 1230 g/mol. The van der Waals surface area contributed by atoms with Gasteiger partial charge in [-0.3, -0.25) is 34.7 Å². The number of hydrazine groups is 1. The van der Waals surface area contributed by atoms with Gasteiger partial charge in [0.05, 0.1) is 64.7 Å². The Kier molecular flexibility index (Phi) is 24.9. The molecule has 3 aliphatic rings. The number of aliphatic hydroxyl groups excluding tert-OH is 2. The lowest BCUT2D eigenvalue weighted by molar-refractivity contribution is -0.162. The van der Waals surface area contributed by atoms with E-state index in [-0.39, 0.29) is 76.3 Å². The second-order valence-electron chi connectivity index (χ2n) is 21.9. The first kappa shape index (κ1) is 68.4. The molecule has 0 aliphatic carbocycles. The number of epoxide rings is 1. The number of para-hydroxylation sites is 1. The highest BCUT2D eigenvalue weighted by Crippen LogP contribution is 2.49. The topological polar surface area (TPSA) is 323 Å². The van der Waals surface area contributed by atoms with Crippen LogP contribution in [0.15, 0.2) is 66.3 Å². The molecule has 0 radical (unpaired) electrons. The molecule has 2 saturated heterocycles. The number of esters is 1. The molecule has 26 nitrogen and oxygen atoms in total. The van der Waals surface area contributed by atoms with Crippen molar-refractivity contribution in [1.29, 1.82) is 0 Å². The molecule has 27 heteroatoms. The summed E-state index contributed by atoms with van der Waals surface area (Å²) >= 11 is 6.81. The normalized spacial score (nSPS) is 24.4. The van der Waals surface area contributed by atoms with Crippen LogP contribution in [0.3, 0.4) is 0 Å². The summed E-state index contributed by atoms with van der Waals surface area (Å²) in [5.41, 5.74) is 3.87. The number of alkyl carbamates (subject to hydrolysis) is 1. The van der Waals surface area contributed by atoms with Crippen LogP contribution in [0.2, 0.25) is 5.02 Å². The van der Waals surface area contributed by atoms with Crippen LogP contribution in [0.25, 0.3) is 10.9 Å². The largest absolute Gasteiger partial charge is 0.495 e. The lowest BCUT2D eigenvalue weighted by atomic mass is 9.83. The Morgan fingerprint density at radius 1 is 0.942 bits per heavy atom. The zero-order chi connectivity index (χ0) is 63.0. The fraction of sp³-hybridized carbons (Fsp3) is 0.576. The molecule has 0 saturated carbocycles. The maximum absolute atomic E-state index is 14.3. The van der Waals surface area contributed by atoms with E-state index in [1.807, 2.05) is 56.4 Å². The van der Waals surface area contributed by atoms with Crippen molar-refractivity contribution >= 4 is 69.8 Å². The van der Waals surface area contributed by atoms with Crippen LogP contribution in [0, 0.1) is 5.92 Å². The number of amides is 6. The number of allylic oxidation sites excluding steroid dienone is 3. The number of methoxy groups -OCH3 is 2. The minimum atomic E-state index is -2.09. The molecule has 3 aliphatic heterocycles. The Labute approximate surface area is 505 Å². The number of aryl methyl sites for hydroxylation is 1. The fourth-order valence-corrected chi connectivity index (χ4v) is 10.6. The summed E-state index contributed by atoms with van der Waals surface area (Å²) in [6, 6.07) is 12.3. The molecule has 2 fully saturated rings. The van der Waals surface area contributed by atoms with Gasteiger partial charge in [0, 0.05) is 84.4 Å². The van der Waals surface area contributed by atoms with Crippen LogP contribution in [0.1, 0.15) is 64.6 Å². The molecule has 1 aromatic heterocycles. The molecule has 8 N–H and O–H groups in total. The number of ether oxygens (including phenoxy) is 7. The molecule has 4 heterocycles. The zero-order valence-corrected chi connectivity index (χ0v) is 51.3. The number of likely N-dealkylation sites (N-methyl/N-ethyl adjacent to an activating group) is 1. The average molecular weight is 1230 g/mol. The molecule has 474 valence electrons. The third kappa shape index (κ3) is 17.7. The summed E-state index contributed by atoms with van der Waals surface area (Å²) in [6.07, 6.45) is -3.85. The standard InChI is InChI=1S/C59H84ClN9O17/c1-35-14-13-17-45(81-10)59(79)33-44(84-57(78)65-59)36(2)53-58(4,86-53)46(32-49(72)68(8)42-29-38(28-35)30-43(80-9)50(42)60)85-56(77)37(3)67(7)48(71)19-24-82-26-27-83-25-22-64-55(76)52(74)51(73)54(75)63-21-20-62-47(70)18-23-69-40(34-66(6)61-5)31-39-15-11-12-16-41(39)69/h11-17,29-31,36-37,44-46,51-53,61,73-74,79H,18-28,32-34H2,1-10H3,(H,62,70)(H,63,75)(H,64,76)(H,65,78)/b17-13+,35-14+/t36-,37+,44+,45-,46+,51-,52+,53+,58?,59+/m1/s1. The summed E-state index contributed by atoms with van der Waals surface area (Å²) < 4.78 is 42.5. The van der Waals surface area contributed by atoms with Gasteiger partial charge in [-0.05, 0) is 69.5 Å². The summed E-state index contributed by atoms with van der Waals surface area (Å²) in [6.45, 7) is 7.75. The van der Waals surface area contributed by atoms with E-state index in [9.17, 15) is 48.9 Å². The number of hydrogen-bond donors (Lipinski definition) is 8. The number of rotatable bonds is 26. The number of carbonyl (C=O) groups is 7. The SMILES string of the molecule is CNN(C)Cc1cc2ccccc2n1CCC(=O)NCCNC(=O)[C@H](O)[C@H](O)C(=O)NCCOCCOCCC(=O)N(C)[C@@H](C)C(=O)O[C@H]1CC(=O)N(C)c2cc(cc(OC)c2Cl)C/C(C)=C/C=C/[C@@H](OC)[C@@]2(O)C[C@H](OC(=O)N2)[C@@H](C)[C@@H]2OC12C. The van der Waals surface area contributed by atoms with E-state index in [2.05, 4.69) is 37.3 Å². The minimum Gasteiger partial charge on any atom is -0.495 e. The lowest BCUT2D eigenvalue weighted by Crippen LogP contribution is -2.63. The van der Waals surface area contributed by atoms with E-state index in [1.54, 1.807) is 38.1 Å². The molecule has 6 amide bonds. The zero-order valence-electron chi connectivity index (χ0n) is 50.5. The molecular weight excluding hydrogens is 1140 g/mol. The predicted molar refractivity (Wildman–Crippen MR) is 315 cm³/mol. The van der Waals surface area contributed by atoms with Crippen LogP contribution in [-0.4, -0.2) is 214 Å². The highest BCUT2D eigenvalue weighted by molar-refractivity contribution is 6.35. The van der Waals surface area contributed by atoms with E-state index >= 15 is 0 Å². The van der Waals surface area contributed by atoms with Crippen molar-refractivity contribution < 1.29 is 82.0 Å². The molecule has 1 unspecified atom stereocenters. The highest BCUT2D eigenvalue weighted by Gasteiger charge is 2.64. The third-order valence-electron chi connectivity index (χ3n) is 15.7. The fourth-order valence-electron chi connectivity index (χ4n) is 10.3. The molecule has 2 aromatic carbocycles. The Balaban J connectivity index is 0.927. The Hall–Kier alpha value is -6.72. The van der Waals surface area contributed by atoms with Gasteiger partial charge in [-0.1, -0.05) is 60.5 Å². The molecule has 3 aromatic rings. The Morgan fingerprint density at radius 2 is 1.62 bits per heavy atom. The smallest absolute Gasteiger partial charge is 0.409 e. The quantitative estimate of drug-likeness (QED) is 0.0245. The second-order valence-corrected chi connectivity index (χ2v) is 22.3. The minimum absolute atomic E-state index is 0.0265. The van der Waals surface area contributed by atoms with Crippen LogP contribution < -0.4 is 36.3 Å². The van der Waals surface area contributed by atoms with Crippen molar-refractivity contribution in [3.05, 3.63) is 82.5 Å². The molecule has 4 bridgehead atoms. The van der Waals surface area contributed by atoms with Gasteiger partial charge in [0.25, 0.3) is 11.8 Å². The number of hydrogen-bond acceptors (Lipinski definition) is 19. The first-order chi connectivity index (χ1) is 40.8. The van der Waals surface area contributed by atoms with Crippen molar-refractivity contribution in [2.75, 3.05) is 93.4 Å². The molecule has 86 heavy (non-hydrogen) atoms. The van der Waals surface area contributed by atoms with Gasteiger partial charge < -0.3 is 78.8 Å². The maximum Gasteiger partial charge on any atom is 0.409 e. The van der Waals surface area contributed by atoms with E-state index in [4.69, 9.17) is 44.8 Å². The molecule has 10 atom stereocenters. The number of fused-ring (bicyclic) bond motifs is 6. The third-order valence-corrected chi connectivity index (χ3v) is 16.1. The number of nitrogens with zero attached hydrogens (tertiary/aromatic N) is 4. The average Bonchev–Trinajstić information content (AvgIpc) is 1.61. The maximum atomic E-state index is 14.3. The van der Waals surface area contributed by atoms with Crippen molar-refractivity contribution in [3.8, 4) is 5.75 Å². The molecule has 6 rings (SSSR count). The van der Waals surface area contributed by atoms with Crippen LogP contribution >= 0.6 is 11.6 Å². The van der Waals surface area contributed by atoms with Crippen molar-refractivity contribution in [1.82, 2.24) is 41.2 Å². The summed E-state index contributed by atoms with van der Waals surface area (Å²) in [5.74, 6) is -4.37. The van der Waals surface area contributed by atoms with Gasteiger partial charge in [-0.25, -0.2) is 14.6 Å². The van der Waals surface area contributed by atoms with Crippen LogP contribution in [-0.2, 0) is 76.7 Å². The van der Waals surface area contributed by atoms with Gasteiger partial charge in [0.1, 0.15) is 40.7 Å². The highest BCUT2D eigenvalue weighted by atomic mass is 35.5. The lowest BCUT2D eigenvalue weighted by Gasteiger charge is -2.42. The van der Waals surface area contributed by atoms with Crippen LogP contribution in [0.5, 0.6) is 5.75 Å². The van der Waals surface area contributed by atoms with Crippen molar-refractivity contribution in [2.24, 2.45) is 5.92 Å². The van der Waals surface area contributed by atoms with Crippen LogP contribution in [0.4, 0.5) is 10.5 Å². The number of aromatic nitrogens is 1. The van der Waals surface area contributed by atoms with E-state index < -0.39 is 102 Å². The van der Waals surface area contributed by atoms with Gasteiger partial charge in [0.2, 0.25) is 17.7 Å². The second kappa shape index (κ2) is 31.3. The summed E-state index contributed by atoms with van der Waals surface area (Å²) in [5, 5.41) is 45.7. The number of benzene rings is 2. The summed E-state index contributed by atoms with van der Waals surface area (Å²) in [4.78, 5) is 95.0.